The van der Waals surface area contributed by atoms with Crippen LogP contribution in [0.1, 0.15) is 18.9 Å². The van der Waals surface area contributed by atoms with Crippen LogP contribution in [0.2, 0.25) is 0 Å². The van der Waals surface area contributed by atoms with Gasteiger partial charge in [-0.15, -0.1) is 0 Å². The molecule has 1 aromatic carbocycles. The van der Waals surface area contributed by atoms with Crippen LogP contribution in [0.5, 0.6) is 0 Å². The summed E-state index contributed by atoms with van der Waals surface area (Å²) in [5.74, 6) is 0. The Balaban J connectivity index is -0.000000142. The Morgan fingerprint density at radius 3 is 1.68 bits per heavy atom. The Kier molecular flexibility index (Phi) is 26.8. The summed E-state index contributed by atoms with van der Waals surface area (Å²) in [7, 11) is 0. The minimum Gasteiger partial charge on any atom is 0 e. The van der Waals surface area contributed by atoms with E-state index in [0.717, 1.165) is 5.56 Å². The van der Waals surface area contributed by atoms with E-state index in [0.29, 0.717) is 6.42 Å². The summed E-state index contributed by atoms with van der Waals surface area (Å²) in [5, 5.41) is 18.5. The molecule has 5 nitrogen and oxygen atoms in total. The first-order chi connectivity index (χ1) is 8.67. The van der Waals surface area contributed by atoms with Crippen LogP contribution in [-0.4, -0.2) is 16.8 Å². The number of aliphatic hydroxyl groups is 2. The fourth-order valence-corrected chi connectivity index (χ4v) is 1.16. The van der Waals surface area contributed by atoms with Crippen LogP contribution in [0.15, 0.2) is 30.3 Å². The van der Waals surface area contributed by atoms with E-state index in [4.69, 9.17) is 19.1 Å². The Morgan fingerprint density at radius 2 is 1.37 bits per heavy atom. The molecule has 0 aliphatic rings. The fraction of sp³-hybridized carbons (Fsp3) is 0.308. The van der Waals surface area contributed by atoms with Crippen molar-refractivity contribution in [3.8, 4) is 0 Å². The monoisotopic (exact) mass is 302 g/mol. The van der Waals surface area contributed by atoms with Gasteiger partial charge in [-0.1, -0.05) is 30.3 Å². The van der Waals surface area contributed by atoms with Crippen LogP contribution in [0.3, 0.4) is 0 Å². The molecule has 0 aromatic heterocycles. The predicted molar refractivity (Wildman–Crippen MR) is 59.5 cm³/mol. The molecule has 0 aliphatic heterocycles. The van der Waals surface area contributed by atoms with Gasteiger partial charge in [0.05, 0.1) is 5.60 Å². The van der Waals surface area contributed by atoms with E-state index >= 15 is 0 Å². The first-order valence-electron chi connectivity index (χ1n) is 4.67. The SMILES string of the molecule is CC(O)(CCO)c1ccccc1.[C-]#[O+].[C-]#[O+].[C-]#[O+].[Cr]. The van der Waals surface area contributed by atoms with E-state index in [2.05, 4.69) is 20.0 Å². The first kappa shape index (κ1) is 26.5. The summed E-state index contributed by atoms with van der Waals surface area (Å²) in [5.41, 5.74) is -0.0604. The van der Waals surface area contributed by atoms with Crippen LogP contribution in [0.4, 0.5) is 0 Å². The molecule has 0 saturated heterocycles. The maximum absolute atomic E-state index is 9.83. The number of rotatable bonds is 3. The van der Waals surface area contributed by atoms with Crippen molar-refractivity contribution in [2.75, 3.05) is 6.61 Å². The van der Waals surface area contributed by atoms with Gasteiger partial charge < -0.3 is 10.2 Å². The molecule has 0 aliphatic carbocycles. The van der Waals surface area contributed by atoms with Gasteiger partial charge in [-0.3, -0.25) is 0 Å². The van der Waals surface area contributed by atoms with Gasteiger partial charge in [0.2, 0.25) is 0 Å². The molecule has 0 bridgehead atoms. The van der Waals surface area contributed by atoms with E-state index in [1.54, 1.807) is 6.92 Å². The Bertz CT molecular complexity index is 329. The van der Waals surface area contributed by atoms with Crippen LogP contribution in [0.25, 0.3) is 0 Å². The Labute approximate surface area is 123 Å². The summed E-state index contributed by atoms with van der Waals surface area (Å²) in [6, 6.07) is 9.37. The standard InChI is InChI=1S/C10H14O2.3CO.Cr/c1-10(12,7-8-11)9-5-3-2-4-6-9;3*1-2;/h2-6,11-12H,7-8H2,1H3;;;;. The Hall–Kier alpha value is -1.11. The Morgan fingerprint density at radius 1 is 1.00 bits per heavy atom. The van der Waals surface area contributed by atoms with Crippen LogP contribution >= 0.6 is 0 Å². The zero-order chi connectivity index (χ0) is 15.0. The summed E-state index contributed by atoms with van der Waals surface area (Å²) >= 11 is 0. The molecule has 0 radical (unpaired) electrons. The van der Waals surface area contributed by atoms with E-state index < -0.39 is 5.60 Å². The maximum Gasteiger partial charge on any atom is 0 e. The quantitative estimate of drug-likeness (QED) is 0.646. The molecule has 0 saturated carbocycles. The summed E-state index contributed by atoms with van der Waals surface area (Å²) in [6.07, 6.45) is 0.372. The summed E-state index contributed by atoms with van der Waals surface area (Å²) in [4.78, 5) is 0. The second-order valence-electron chi connectivity index (χ2n) is 3.11. The molecule has 0 amide bonds. The van der Waals surface area contributed by atoms with Crippen molar-refractivity contribution in [3.05, 3.63) is 55.8 Å². The van der Waals surface area contributed by atoms with E-state index in [9.17, 15) is 5.11 Å². The fourth-order valence-electron chi connectivity index (χ4n) is 1.16. The average Bonchev–Trinajstić information content (AvgIpc) is 2.46. The van der Waals surface area contributed by atoms with Crippen molar-refractivity contribution in [2.24, 2.45) is 0 Å². The van der Waals surface area contributed by atoms with E-state index in [-0.39, 0.29) is 24.0 Å². The molecule has 102 valence electrons. The number of hydrogen-bond acceptors (Lipinski definition) is 2. The van der Waals surface area contributed by atoms with E-state index in [1.807, 2.05) is 30.3 Å². The maximum atomic E-state index is 9.83. The smallest absolute Gasteiger partial charge is 0 e. The van der Waals surface area contributed by atoms with E-state index in [1.165, 1.54) is 0 Å². The topological polar surface area (TPSA) is 100 Å². The third-order valence-electron chi connectivity index (χ3n) is 1.99. The second-order valence-corrected chi connectivity index (χ2v) is 3.11. The number of hydrogen-bond donors (Lipinski definition) is 2. The molecule has 1 rings (SSSR count). The van der Waals surface area contributed by atoms with Gasteiger partial charge in [0.1, 0.15) is 0 Å². The molecule has 0 spiro atoms. The average molecular weight is 302 g/mol. The van der Waals surface area contributed by atoms with Crippen molar-refractivity contribution < 1.29 is 41.5 Å². The zero-order valence-corrected chi connectivity index (χ0v) is 11.6. The predicted octanol–water partition coefficient (Wildman–Crippen LogP) is 1.16. The van der Waals surface area contributed by atoms with Gasteiger partial charge in [-0.05, 0) is 12.5 Å². The van der Waals surface area contributed by atoms with Crippen molar-refractivity contribution >= 4 is 0 Å². The first-order valence-corrected chi connectivity index (χ1v) is 4.67. The molecule has 0 fully saturated rings. The minimum atomic E-state index is -0.907. The molecular weight excluding hydrogens is 288 g/mol. The van der Waals surface area contributed by atoms with Crippen LogP contribution in [-0.2, 0) is 36.9 Å². The van der Waals surface area contributed by atoms with Gasteiger partial charge in [-0.2, -0.15) is 0 Å². The molecule has 0 heterocycles. The van der Waals surface area contributed by atoms with Crippen molar-refractivity contribution in [3.63, 3.8) is 0 Å². The van der Waals surface area contributed by atoms with Crippen LogP contribution < -0.4 is 0 Å². The minimum absolute atomic E-state index is 0. The molecule has 2 N–H and O–H groups in total. The molecule has 1 atom stereocenters. The molecule has 1 aromatic rings. The molecule has 19 heavy (non-hydrogen) atoms. The van der Waals surface area contributed by atoms with Gasteiger partial charge in [0.15, 0.2) is 0 Å². The zero-order valence-electron chi connectivity index (χ0n) is 10.3. The van der Waals surface area contributed by atoms with Crippen molar-refractivity contribution in [1.29, 1.82) is 0 Å². The summed E-state index contributed by atoms with van der Waals surface area (Å²) in [6.45, 7) is 15.2. The van der Waals surface area contributed by atoms with Gasteiger partial charge in [0.25, 0.3) is 0 Å². The third-order valence-corrected chi connectivity index (χ3v) is 1.99. The van der Waals surface area contributed by atoms with Gasteiger partial charge >= 0.3 is 33.9 Å². The van der Waals surface area contributed by atoms with Gasteiger partial charge in [0, 0.05) is 30.4 Å². The number of aliphatic hydroxyl groups excluding tert-OH is 1. The van der Waals surface area contributed by atoms with Crippen molar-refractivity contribution in [2.45, 2.75) is 18.9 Å². The third kappa shape index (κ3) is 13.1. The molecule has 1 unspecified atom stereocenters. The van der Waals surface area contributed by atoms with Crippen molar-refractivity contribution in [1.82, 2.24) is 0 Å². The van der Waals surface area contributed by atoms with Gasteiger partial charge in [-0.25, -0.2) is 0 Å². The molecular formula is C13H14CrO5. The number of benzene rings is 1. The molecule has 6 heteroatoms. The van der Waals surface area contributed by atoms with Crippen LogP contribution in [0, 0.1) is 20.0 Å². The normalized spacial score (nSPS) is 10.2. The second kappa shape index (κ2) is 19.2. The summed E-state index contributed by atoms with van der Waals surface area (Å²) < 4.78 is 22.5. The largest absolute Gasteiger partial charge is 0 e.